The van der Waals surface area contributed by atoms with Crippen molar-refractivity contribution in [2.45, 2.75) is 32.9 Å². The zero-order chi connectivity index (χ0) is 14.3. The summed E-state index contributed by atoms with van der Waals surface area (Å²) in [5.74, 6) is -0.252. The molecule has 2 heterocycles. The number of rotatable bonds is 3. The number of hydrogen-bond donors (Lipinski definition) is 1. The van der Waals surface area contributed by atoms with Gasteiger partial charge in [0.05, 0.1) is 11.4 Å². The molecule has 1 atom stereocenters. The minimum absolute atomic E-state index is 0.414. The lowest BCUT2D eigenvalue weighted by Gasteiger charge is -2.06. The highest BCUT2D eigenvalue weighted by molar-refractivity contribution is 5.75. The molecule has 0 fully saturated rings. The molecular weight excluding hydrogens is 256 g/mol. The van der Waals surface area contributed by atoms with Gasteiger partial charge in [-0.1, -0.05) is 0 Å². The molecule has 1 unspecified atom stereocenters. The van der Waals surface area contributed by atoms with Crippen LogP contribution >= 0.6 is 0 Å². The fourth-order valence-corrected chi connectivity index (χ4v) is 2.56. The van der Waals surface area contributed by atoms with E-state index < -0.39 is 12.1 Å². The smallest absolute Gasteiger partial charge is 0.345 e. The van der Waals surface area contributed by atoms with E-state index in [4.69, 9.17) is 9.84 Å². The zero-order valence-electron chi connectivity index (χ0n) is 11.5. The second kappa shape index (κ2) is 4.67. The van der Waals surface area contributed by atoms with Gasteiger partial charge in [0.2, 0.25) is 0 Å². The number of hydrogen-bond acceptors (Lipinski definition) is 3. The molecule has 0 spiro atoms. The molecule has 5 nitrogen and oxygen atoms in total. The zero-order valence-corrected chi connectivity index (χ0v) is 11.5. The minimum atomic E-state index is -0.919. The van der Waals surface area contributed by atoms with Crippen LogP contribution in [0.15, 0.2) is 24.3 Å². The van der Waals surface area contributed by atoms with Crippen molar-refractivity contribution in [3.8, 4) is 17.0 Å². The average molecular weight is 272 g/mol. The van der Waals surface area contributed by atoms with Gasteiger partial charge in [-0.3, -0.25) is 4.68 Å². The SMILES string of the molecule is CCn1nc(C)cc1-c1ccc2c(c1)CC(C(=O)O)O2. The standard InChI is InChI=1S/C15H16N2O3/c1-3-17-12(6-9(2)16-17)10-4-5-13-11(7-10)8-14(20-13)15(18)19/h4-7,14H,3,8H2,1-2H3,(H,18,19). The number of carboxylic acids is 1. The Morgan fingerprint density at radius 3 is 3.00 bits per heavy atom. The highest BCUT2D eigenvalue weighted by atomic mass is 16.5. The molecular formula is C15H16N2O3. The maximum Gasteiger partial charge on any atom is 0.345 e. The summed E-state index contributed by atoms with van der Waals surface area (Å²) >= 11 is 0. The van der Waals surface area contributed by atoms with Gasteiger partial charge in [0.15, 0.2) is 6.10 Å². The van der Waals surface area contributed by atoms with Gasteiger partial charge in [-0.05, 0) is 43.7 Å². The number of carboxylic acid groups (broad SMARTS) is 1. The van der Waals surface area contributed by atoms with E-state index in [1.807, 2.05) is 42.8 Å². The van der Waals surface area contributed by atoms with Gasteiger partial charge in [-0.25, -0.2) is 4.79 Å². The van der Waals surface area contributed by atoms with Crippen LogP contribution in [0.1, 0.15) is 18.2 Å². The first-order valence-electron chi connectivity index (χ1n) is 6.65. The lowest BCUT2D eigenvalue weighted by Crippen LogP contribution is -2.24. The molecule has 0 aliphatic carbocycles. The summed E-state index contributed by atoms with van der Waals surface area (Å²) in [5.41, 5.74) is 4.01. The lowest BCUT2D eigenvalue weighted by molar-refractivity contribution is -0.144. The fraction of sp³-hybridized carbons (Fsp3) is 0.333. The van der Waals surface area contributed by atoms with Crippen molar-refractivity contribution in [1.82, 2.24) is 9.78 Å². The Kier molecular flexibility index (Phi) is 2.97. The number of nitrogens with zero attached hydrogens (tertiary/aromatic N) is 2. The Bertz CT molecular complexity index is 676. The van der Waals surface area contributed by atoms with Gasteiger partial charge in [-0.15, -0.1) is 0 Å². The third-order valence-corrected chi connectivity index (χ3v) is 3.51. The van der Waals surface area contributed by atoms with E-state index >= 15 is 0 Å². The predicted octanol–water partition coefficient (Wildman–Crippen LogP) is 2.27. The predicted molar refractivity (Wildman–Crippen MR) is 73.8 cm³/mol. The Morgan fingerprint density at radius 1 is 1.50 bits per heavy atom. The van der Waals surface area contributed by atoms with Crippen LogP contribution in [0.4, 0.5) is 0 Å². The quantitative estimate of drug-likeness (QED) is 0.931. The molecule has 1 N–H and O–H groups in total. The highest BCUT2D eigenvalue weighted by Gasteiger charge is 2.29. The van der Waals surface area contributed by atoms with Crippen LogP contribution in [0.5, 0.6) is 5.75 Å². The topological polar surface area (TPSA) is 64.4 Å². The van der Waals surface area contributed by atoms with Crippen molar-refractivity contribution < 1.29 is 14.6 Å². The molecule has 0 amide bonds. The summed E-state index contributed by atoms with van der Waals surface area (Å²) in [6.45, 7) is 4.81. The molecule has 1 aromatic heterocycles. The van der Waals surface area contributed by atoms with E-state index in [2.05, 4.69) is 5.10 Å². The molecule has 5 heteroatoms. The van der Waals surface area contributed by atoms with E-state index in [1.54, 1.807) is 0 Å². The first kappa shape index (κ1) is 12.7. The molecule has 20 heavy (non-hydrogen) atoms. The summed E-state index contributed by atoms with van der Waals surface area (Å²) in [5, 5.41) is 13.5. The normalized spacial score (nSPS) is 16.8. The number of benzene rings is 1. The maximum atomic E-state index is 11.0. The monoisotopic (exact) mass is 272 g/mol. The second-order valence-corrected chi connectivity index (χ2v) is 4.96. The van der Waals surface area contributed by atoms with Crippen LogP contribution in [-0.4, -0.2) is 27.0 Å². The Labute approximate surface area is 116 Å². The summed E-state index contributed by atoms with van der Waals surface area (Å²) < 4.78 is 7.35. The van der Waals surface area contributed by atoms with Crippen LogP contribution in [0.3, 0.4) is 0 Å². The molecule has 104 valence electrons. The number of carbonyl (C=O) groups is 1. The van der Waals surface area contributed by atoms with Gasteiger partial charge >= 0.3 is 5.97 Å². The summed E-state index contributed by atoms with van der Waals surface area (Å²) in [4.78, 5) is 11.0. The lowest BCUT2D eigenvalue weighted by atomic mass is 10.0. The molecule has 1 aliphatic rings. The second-order valence-electron chi connectivity index (χ2n) is 4.96. The van der Waals surface area contributed by atoms with E-state index in [0.717, 1.165) is 29.1 Å². The van der Waals surface area contributed by atoms with Gasteiger partial charge in [0, 0.05) is 18.5 Å². The molecule has 0 bridgehead atoms. The van der Waals surface area contributed by atoms with Crippen molar-refractivity contribution in [1.29, 1.82) is 0 Å². The van der Waals surface area contributed by atoms with Crippen molar-refractivity contribution in [3.05, 3.63) is 35.5 Å². The molecule has 1 aromatic carbocycles. The Morgan fingerprint density at radius 2 is 2.30 bits per heavy atom. The molecule has 0 saturated heterocycles. The highest BCUT2D eigenvalue weighted by Crippen LogP contribution is 2.33. The Balaban J connectivity index is 1.98. The number of ether oxygens (including phenoxy) is 1. The molecule has 1 aliphatic heterocycles. The number of aromatic nitrogens is 2. The Hall–Kier alpha value is -2.30. The minimum Gasteiger partial charge on any atom is -0.478 e. The summed E-state index contributed by atoms with van der Waals surface area (Å²) in [7, 11) is 0. The third kappa shape index (κ3) is 2.05. The van der Waals surface area contributed by atoms with Crippen LogP contribution in [-0.2, 0) is 17.8 Å². The van der Waals surface area contributed by atoms with Gasteiger partial charge < -0.3 is 9.84 Å². The maximum absolute atomic E-state index is 11.0. The fourth-order valence-electron chi connectivity index (χ4n) is 2.56. The van der Waals surface area contributed by atoms with Crippen molar-refractivity contribution in [2.75, 3.05) is 0 Å². The largest absolute Gasteiger partial charge is 0.478 e. The number of aliphatic carboxylic acids is 1. The first-order valence-corrected chi connectivity index (χ1v) is 6.65. The first-order chi connectivity index (χ1) is 9.58. The molecule has 0 radical (unpaired) electrons. The molecule has 0 saturated carbocycles. The van der Waals surface area contributed by atoms with Gasteiger partial charge in [0.1, 0.15) is 5.75 Å². The number of aryl methyl sites for hydroxylation is 2. The molecule has 3 rings (SSSR count). The summed E-state index contributed by atoms with van der Waals surface area (Å²) in [6.07, 6.45) is -0.351. The van der Waals surface area contributed by atoms with Gasteiger partial charge in [0.25, 0.3) is 0 Å². The van der Waals surface area contributed by atoms with Crippen LogP contribution in [0.25, 0.3) is 11.3 Å². The van der Waals surface area contributed by atoms with E-state index in [-0.39, 0.29) is 0 Å². The van der Waals surface area contributed by atoms with E-state index in [1.165, 1.54) is 0 Å². The van der Waals surface area contributed by atoms with E-state index in [0.29, 0.717) is 12.2 Å². The third-order valence-electron chi connectivity index (χ3n) is 3.51. The summed E-state index contributed by atoms with van der Waals surface area (Å²) in [6, 6.07) is 7.83. The van der Waals surface area contributed by atoms with Crippen LogP contribution < -0.4 is 4.74 Å². The van der Waals surface area contributed by atoms with E-state index in [9.17, 15) is 4.79 Å². The molecule has 2 aromatic rings. The van der Waals surface area contributed by atoms with Crippen molar-refractivity contribution in [2.24, 2.45) is 0 Å². The van der Waals surface area contributed by atoms with Crippen LogP contribution in [0, 0.1) is 6.92 Å². The van der Waals surface area contributed by atoms with Crippen molar-refractivity contribution in [3.63, 3.8) is 0 Å². The van der Waals surface area contributed by atoms with Gasteiger partial charge in [-0.2, -0.15) is 5.10 Å². The number of fused-ring (bicyclic) bond motifs is 1. The van der Waals surface area contributed by atoms with Crippen LogP contribution in [0.2, 0.25) is 0 Å². The van der Waals surface area contributed by atoms with Crippen molar-refractivity contribution >= 4 is 5.97 Å². The average Bonchev–Trinajstić information content (AvgIpc) is 3.00.